The van der Waals surface area contributed by atoms with Crippen molar-refractivity contribution in [3.05, 3.63) is 65.7 Å². The molecule has 0 aliphatic heterocycles. The summed E-state index contributed by atoms with van der Waals surface area (Å²) in [6, 6.07) is 16.8. The first-order chi connectivity index (χ1) is 10.6. The topological polar surface area (TPSA) is 73.6 Å². The number of carbonyl (C=O) groups excluding carboxylic acids is 1. The van der Waals surface area contributed by atoms with Crippen LogP contribution >= 0.6 is 0 Å². The molecule has 0 aromatic heterocycles. The first-order valence-corrected chi connectivity index (χ1v) is 6.74. The highest BCUT2D eigenvalue weighted by Gasteiger charge is 2.22. The Kier molecular flexibility index (Phi) is 4.99. The minimum Gasteiger partial charge on any atom is -0.508 e. The number of nitriles is 1. The Balaban J connectivity index is 2.02. The van der Waals surface area contributed by atoms with Gasteiger partial charge in [-0.15, -0.1) is 0 Å². The van der Waals surface area contributed by atoms with Gasteiger partial charge in [0.2, 0.25) is 0 Å². The molecule has 2 rings (SSSR count). The molecule has 1 amide bonds. The van der Waals surface area contributed by atoms with Crippen LogP contribution in [0.3, 0.4) is 0 Å². The number of hydrogen-bond donors (Lipinski definition) is 1. The fourth-order valence-electron chi connectivity index (χ4n) is 1.97. The third-order valence-electron chi connectivity index (χ3n) is 3.21. The van der Waals surface area contributed by atoms with Crippen LogP contribution in [0, 0.1) is 11.3 Å². The van der Waals surface area contributed by atoms with Crippen molar-refractivity contribution in [2.45, 2.75) is 12.6 Å². The molecule has 1 N–H and O–H groups in total. The molecule has 0 aliphatic rings. The smallest absolute Gasteiger partial charge is 0.411 e. The predicted molar refractivity (Wildman–Crippen MR) is 80.9 cm³/mol. The maximum Gasteiger partial charge on any atom is 0.411 e. The van der Waals surface area contributed by atoms with Gasteiger partial charge in [0.05, 0.1) is 6.07 Å². The van der Waals surface area contributed by atoms with Crippen LogP contribution in [0.4, 0.5) is 4.79 Å². The highest BCUT2D eigenvalue weighted by atomic mass is 16.6. The Morgan fingerprint density at radius 3 is 2.45 bits per heavy atom. The molecule has 0 saturated heterocycles. The van der Waals surface area contributed by atoms with Crippen molar-refractivity contribution < 1.29 is 14.6 Å². The number of hydrogen-bond acceptors (Lipinski definition) is 4. The van der Waals surface area contributed by atoms with E-state index in [-0.39, 0.29) is 12.4 Å². The predicted octanol–water partition coefficient (Wildman–Crippen LogP) is 3.23. The molecule has 0 heterocycles. The van der Waals surface area contributed by atoms with E-state index in [4.69, 9.17) is 4.74 Å². The molecule has 0 saturated carbocycles. The second-order valence-electron chi connectivity index (χ2n) is 4.77. The highest BCUT2D eigenvalue weighted by molar-refractivity contribution is 5.68. The molecule has 1 atom stereocenters. The number of benzene rings is 2. The number of carbonyl (C=O) groups is 1. The van der Waals surface area contributed by atoms with Crippen molar-refractivity contribution in [3.63, 3.8) is 0 Å². The van der Waals surface area contributed by atoms with Gasteiger partial charge < -0.3 is 9.84 Å². The van der Waals surface area contributed by atoms with Crippen LogP contribution in [-0.2, 0) is 11.3 Å². The van der Waals surface area contributed by atoms with Crippen molar-refractivity contribution in [2.75, 3.05) is 7.05 Å². The summed E-state index contributed by atoms with van der Waals surface area (Å²) in [5, 5.41) is 18.6. The van der Waals surface area contributed by atoms with Gasteiger partial charge >= 0.3 is 6.09 Å². The molecule has 0 bridgehead atoms. The Labute approximate surface area is 129 Å². The first-order valence-electron chi connectivity index (χ1n) is 6.74. The zero-order chi connectivity index (χ0) is 15.9. The summed E-state index contributed by atoms with van der Waals surface area (Å²) in [6.07, 6.45) is -0.580. The maximum atomic E-state index is 12.1. The second kappa shape index (κ2) is 7.14. The third kappa shape index (κ3) is 3.76. The summed E-state index contributed by atoms with van der Waals surface area (Å²) < 4.78 is 5.20. The van der Waals surface area contributed by atoms with E-state index in [1.54, 1.807) is 12.1 Å². The van der Waals surface area contributed by atoms with E-state index in [0.29, 0.717) is 5.56 Å². The molecule has 5 nitrogen and oxygen atoms in total. The van der Waals surface area contributed by atoms with Crippen molar-refractivity contribution in [1.82, 2.24) is 4.90 Å². The van der Waals surface area contributed by atoms with Gasteiger partial charge in [-0.3, -0.25) is 4.90 Å². The summed E-state index contributed by atoms with van der Waals surface area (Å²) in [6.45, 7) is 0.151. The van der Waals surface area contributed by atoms with Crippen molar-refractivity contribution in [3.8, 4) is 11.8 Å². The Morgan fingerprint density at radius 2 is 1.86 bits per heavy atom. The van der Waals surface area contributed by atoms with Crippen LogP contribution in [-0.4, -0.2) is 23.1 Å². The fraction of sp³-hybridized carbons (Fsp3) is 0.176. The maximum absolute atomic E-state index is 12.1. The van der Waals surface area contributed by atoms with Crippen LogP contribution in [0.2, 0.25) is 0 Å². The van der Waals surface area contributed by atoms with Crippen LogP contribution < -0.4 is 0 Å². The van der Waals surface area contributed by atoms with Gasteiger partial charge in [0.1, 0.15) is 18.4 Å². The lowest BCUT2D eigenvalue weighted by Gasteiger charge is -2.22. The lowest BCUT2D eigenvalue weighted by molar-refractivity contribution is 0.0979. The molecule has 0 fully saturated rings. The lowest BCUT2D eigenvalue weighted by Crippen LogP contribution is -2.31. The van der Waals surface area contributed by atoms with Gasteiger partial charge in [-0.05, 0) is 23.3 Å². The summed E-state index contributed by atoms with van der Waals surface area (Å²) in [7, 11) is 1.51. The Hall–Kier alpha value is -3.00. The van der Waals surface area contributed by atoms with Crippen molar-refractivity contribution in [2.24, 2.45) is 0 Å². The first kappa shape index (κ1) is 15.4. The molecule has 5 heteroatoms. The number of phenolic OH excluding ortho intramolecular Hbond substituents is 1. The van der Waals surface area contributed by atoms with Crippen LogP contribution in [0.5, 0.6) is 5.75 Å². The zero-order valence-electron chi connectivity index (χ0n) is 12.1. The average molecular weight is 296 g/mol. The van der Waals surface area contributed by atoms with E-state index in [0.717, 1.165) is 5.56 Å². The standard InChI is InChI=1S/C17H16N2O3/c1-19(16(11-18)14-7-9-15(20)10-8-14)17(21)22-12-13-5-3-2-4-6-13/h2-10,16,20H,12H2,1H3. The van der Waals surface area contributed by atoms with E-state index in [1.807, 2.05) is 30.3 Å². The highest BCUT2D eigenvalue weighted by Crippen LogP contribution is 2.21. The van der Waals surface area contributed by atoms with Crippen LogP contribution in [0.25, 0.3) is 0 Å². The summed E-state index contributed by atoms with van der Waals surface area (Å²) in [5.74, 6) is 0.106. The van der Waals surface area contributed by atoms with E-state index in [9.17, 15) is 15.2 Å². The number of amides is 1. The quantitative estimate of drug-likeness (QED) is 0.940. The van der Waals surface area contributed by atoms with Gasteiger partial charge in [-0.2, -0.15) is 5.26 Å². The monoisotopic (exact) mass is 296 g/mol. The normalized spacial score (nSPS) is 11.3. The summed E-state index contributed by atoms with van der Waals surface area (Å²) in [4.78, 5) is 13.3. The second-order valence-corrected chi connectivity index (χ2v) is 4.77. The number of phenols is 1. The number of aromatic hydroxyl groups is 1. The molecule has 0 spiro atoms. The van der Waals surface area contributed by atoms with Gasteiger partial charge in [-0.1, -0.05) is 42.5 Å². The summed E-state index contributed by atoms with van der Waals surface area (Å²) >= 11 is 0. The molecular formula is C17H16N2O3. The van der Waals surface area contributed by atoms with Crippen molar-refractivity contribution >= 4 is 6.09 Å². The molecule has 2 aromatic carbocycles. The molecule has 0 aliphatic carbocycles. The van der Waals surface area contributed by atoms with Gasteiger partial charge in [0.25, 0.3) is 0 Å². The molecular weight excluding hydrogens is 280 g/mol. The van der Waals surface area contributed by atoms with Gasteiger partial charge in [0.15, 0.2) is 0 Å². The molecule has 0 radical (unpaired) electrons. The van der Waals surface area contributed by atoms with Gasteiger partial charge in [-0.25, -0.2) is 4.79 Å². The number of ether oxygens (including phenoxy) is 1. The molecule has 2 aromatic rings. The van der Waals surface area contributed by atoms with E-state index >= 15 is 0 Å². The van der Waals surface area contributed by atoms with E-state index in [1.165, 1.54) is 24.1 Å². The third-order valence-corrected chi connectivity index (χ3v) is 3.21. The number of nitrogens with zero attached hydrogens (tertiary/aromatic N) is 2. The lowest BCUT2D eigenvalue weighted by atomic mass is 10.1. The van der Waals surface area contributed by atoms with Crippen LogP contribution in [0.1, 0.15) is 17.2 Å². The van der Waals surface area contributed by atoms with E-state index in [2.05, 4.69) is 6.07 Å². The Morgan fingerprint density at radius 1 is 1.23 bits per heavy atom. The average Bonchev–Trinajstić information content (AvgIpc) is 2.56. The molecule has 112 valence electrons. The molecule has 22 heavy (non-hydrogen) atoms. The van der Waals surface area contributed by atoms with Crippen molar-refractivity contribution in [1.29, 1.82) is 5.26 Å². The van der Waals surface area contributed by atoms with Crippen LogP contribution in [0.15, 0.2) is 54.6 Å². The van der Waals surface area contributed by atoms with E-state index < -0.39 is 12.1 Å². The largest absolute Gasteiger partial charge is 0.508 e. The summed E-state index contributed by atoms with van der Waals surface area (Å²) in [5.41, 5.74) is 1.49. The molecule has 1 unspecified atom stereocenters. The zero-order valence-corrected chi connectivity index (χ0v) is 12.1. The minimum atomic E-state index is -0.774. The minimum absolute atomic E-state index is 0.106. The SMILES string of the molecule is CN(C(=O)OCc1ccccc1)C(C#N)c1ccc(O)cc1. The Bertz CT molecular complexity index is 663. The fourth-order valence-corrected chi connectivity index (χ4v) is 1.97. The van der Waals surface area contributed by atoms with Gasteiger partial charge in [0, 0.05) is 7.05 Å². The number of rotatable bonds is 4.